The molecule has 1 saturated heterocycles. The average molecular weight is 255 g/mol. The van der Waals surface area contributed by atoms with Gasteiger partial charge in [-0.15, -0.1) is 0 Å². The molecule has 0 aromatic heterocycles. The van der Waals surface area contributed by atoms with E-state index in [1.165, 1.54) is 6.42 Å². The summed E-state index contributed by atoms with van der Waals surface area (Å²) >= 11 is 0. The first-order valence-corrected chi connectivity index (χ1v) is 7.39. The van der Waals surface area contributed by atoms with Crippen LogP contribution in [0.4, 0.5) is 4.79 Å². The molecule has 2 N–H and O–H groups in total. The normalized spacial score (nSPS) is 20.2. The van der Waals surface area contributed by atoms with Crippen LogP contribution >= 0.6 is 0 Å². The number of rotatable bonds is 6. The number of likely N-dealkylation sites (tertiary alicyclic amines) is 1. The number of piperidine rings is 1. The fraction of sp³-hybridized carbons (Fsp3) is 0.929. The van der Waals surface area contributed by atoms with Gasteiger partial charge >= 0.3 is 6.03 Å². The van der Waals surface area contributed by atoms with Crippen molar-refractivity contribution in [1.82, 2.24) is 15.5 Å². The summed E-state index contributed by atoms with van der Waals surface area (Å²) in [6.45, 7) is 10.1. The zero-order valence-electron chi connectivity index (χ0n) is 12.2. The SMILES string of the molecule is CCCCNC(=O)N1CCCC(CNC(C)C)C1. The fourth-order valence-corrected chi connectivity index (χ4v) is 2.30. The molecule has 18 heavy (non-hydrogen) atoms. The van der Waals surface area contributed by atoms with Crippen LogP contribution in [-0.2, 0) is 0 Å². The fourth-order valence-electron chi connectivity index (χ4n) is 2.30. The van der Waals surface area contributed by atoms with Crippen molar-refractivity contribution in [3.05, 3.63) is 0 Å². The zero-order valence-corrected chi connectivity index (χ0v) is 12.2. The van der Waals surface area contributed by atoms with Crippen LogP contribution in [0, 0.1) is 5.92 Å². The van der Waals surface area contributed by atoms with Gasteiger partial charge in [0.25, 0.3) is 0 Å². The van der Waals surface area contributed by atoms with Crippen LogP contribution < -0.4 is 10.6 Å². The van der Waals surface area contributed by atoms with Crippen molar-refractivity contribution < 1.29 is 4.79 Å². The molecule has 0 aromatic carbocycles. The lowest BCUT2D eigenvalue weighted by Gasteiger charge is -2.33. The number of nitrogens with zero attached hydrogens (tertiary/aromatic N) is 1. The highest BCUT2D eigenvalue weighted by atomic mass is 16.2. The molecule has 1 aliphatic heterocycles. The molecule has 0 bridgehead atoms. The molecule has 1 rings (SSSR count). The van der Waals surface area contributed by atoms with E-state index in [-0.39, 0.29) is 6.03 Å². The lowest BCUT2D eigenvalue weighted by molar-refractivity contribution is 0.163. The monoisotopic (exact) mass is 255 g/mol. The van der Waals surface area contributed by atoms with E-state index in [4.69, 9.17) is 0 Å². The molecule has 0 radical (unpaired) electrons. The van der Waals surface area contributed by atoms with Crippen LogP contribution in [-0.4, -0.2) is 43.2 Å². The minimum atomic E-state index is 0.123. The third-order valence-corrected chi connectivity index (χ3v) is 3.43. The largest absolute Gasteiger partial charge is 0.338 e. The van der Waals surface area contributed by atoms with Gasteiger partial charge in [0.2, 0.25) is 0 Å². The Balaban J connectivity index is 2.26. The molecule has 1 fully saturated rings. The summed E-state index contributed by atoms with van der Waals surface area (Å²) < 4.78 is 0. The second-order valence-electron chi connectivity index (χ2n) is 5.60. The first kappa shape index (κ1) is 15.3. The highest BCUT2D eigenvalue weighted by Crippen LogP contribution is 2.15. The summed E-state index contributed by atoms with van der Waals surface area (Å²) in [6, 6.07) is 0.649. The standard InChI is InChI=1S/C14H29N3O/c1-4-5-8-15-14(18)17-9-6-7-13(11-17)10-16-12(2)3/h12-13,16H,4-11H2,1-3H3,(H,15,18). The quantitative estimate of drug-likeness (QED) is 0.715. The number of nitrogens with one attached hydrogen (secondary N) is 2. The second kappa shape index (κ2) is 8.35. The summed E-state index contributed by atoms with van der Waals surface area (Å²) in [7, 11) is 0. The summed E-state index contributed by atoms with van der Waals surface area (Å²) in [4.78, 5) is 13.9. The predicted molar refractivity (Wildman–Crippen MR) is 75.7 cm³/mol. The molecule has 4 heteroatoms. The van der Waals surface area contributed by atoms with Crippen molar-refractivity contribution in [3.63, 3.8) is 0 Å². The van der Waals surface area contributed by atoms with E-state index in [0.29, 0.717) is 12.0 Å². The van der Waals surface area contributed by atoms with Gasteiger partial charge in [-0.2, -0.15) is 0 Å². The van der Waals surface area contributed by atoms with Crippen molar-refractivity contribution in [1.29, 1.82) is 0 Å². The van der Waals surface area contributed by atoms with Gasteiger partial charge in [-0.25, -0.2) is 4.79 Å². The van der Waals surface area contributed by atoms with E-state index in [1.54, 1.807) is 0 Å². The van der Waals surface area contributed by atoms with Gasteiger partial charge in [0, 0.05) is 25.7 Å². The summed E-state index contributed by atoms with van der Waals surface area (Å²) in [5.41, 5.74) is 0. The second-order valence-corrected chi connectivity index (χ2v) is 5.60. The van der Waals surface area contributed by atoms with Gasteiger partial charge in [-0.3, -0.25) is 0 Å². The maximum Gasteiger partial charge on any atom is 0.317 e. The van der Waals surface area contributed by atoms with Gasteiger partial charge in [0.15, 0.2) is 0 Å². The van der Waals surface area contributed by atoms with Gasteiger partial charge in [0.1, 0.15) is 0 Å². The molecule has 0 aromatic rings. The van der Waals surface area contributed by atoms with Crippen molar-refractivity contribution >= 4 is 6.03 Å². The van der Waals surface area contributed by atoms with Crippen LogP contribution in [0.3, 0.4) is 0 Å². The Morgan fingerprint density at radius 1 is 1.44 bits per heavy atom. The number of amides is 2. The van der Waals surface area contributed by atoms with E-state index < -0.39 is 0 Å². The third kappa shape index (κ3) is 5.71. The summed E-state index contributed by atoms with van der Waals surface area (Å²) in [6.07, 6.45) is 4.56. The van der Waals surface area contributed by atoms with E-state index in [9.17, 15) is 4.79 Å². The maximum atomic E-state index is 12.0. The predicted octanol–water partition coefficient (Wildman–Crippen LogP) is 2.21. The zero-order chi connectivity index (χ0) is 13.4. The molecule has 1 aliphatic rings. The van der Waals surface area contributed by atoms with E-state index in [2.05, 4.69) is 31.4 Å². The molecular formula is C14H29N3O. The number of carbonyl (C=O) groups excluding carboxylic acids is 1. The van der Waals surface area contributed by atoms with E-state index >= 15 is 0 Å². The molecule has 1 atom stereocenters. The third-order valence-electron chi connectivity index (χ3n) is 3.43. The Morgan fingerprint density at radius 2 is 2.22 bits per heavy atom. The smallest absolute Gasteiger partial charge is 0.317 e. The Labute approximate surface area is 111 Å². The first-order valence-electron chi connectivity index (χ1n) is 7.39. The van der Waals surface area contributed by atoms with Crippen LogP contribution in [0.25, 0.3) is 0 Å². The Kier molecular flexibility index (Phi) is 7.09. The number of carbonyl (C=O) groups is 1. The molecule has 0 aliphatic carbocycles. The van der Waals surface area contributed by atoms with E-state index in [0.717, 1.165) is 45.4 Å². The van der Waals surface area contributed by atoms with E-state index in [1.807, 2.05) is 4.90 Å². The van der Waals surface area contributed by atoms with Crippen LogP contribution in [0.1, 0.15) is 46.5 Å². The van der Waals surface area contributed by atoms with Crippen molar-refractivity contribution in [3.8, 4) is 0 Å². The molecule has 2 amide bonds. The number of hydrogen-bond donors (Lipinski definition) is 2. The summed E-state index contributed by atoms with van der Waals surface area (Å²) in [5.74, 6) is 0.609. The maximum absolute atomic E-state index is 12.0. The van der Waals surface area contributed by atoms with Crippen molar-refractivity contribution in [2.24, 2.45) is 5.92 Å². The molecule has 1 unspecified atom stereocenters. The molecular weight excluding hydrogens is 226 g/mol. The minimum Gasteiger partial charge on any atom is -0.338 e. The van der Waals surface area contributed by atoms with Gasteiger partial charge in [-0.1, -0.05) is 27.2 Å². The molecule has 106 valence electrons. The van der Waals surface area contributed by atoms with Crippen molar-refractivity contribution in [2.75, 3.05) is 26.2 Å². The minimum absolute atomic E-state index is 0.123. The number of urea groups is 1. The number of unbranched alkanes of at least 4 members (excludes halogenated alkanes) is 1. The first-order chi connectivity index (χ1) is 8.63. The topological polar surface area (TPSA) is 44.4 Å². The lowest BCUT2D eigenvalue weighted by Crippen LogP contribution is -2.47. The van der Waals surface area contributed by atoms with Crippen LogP contribution in [0.2, 0.25) is 0 Å². The highest BCUT2D eigenvalue weighted by Gasteiger charge is 2.23. The Bertz CT molecular complexity index is 243. The Morgan fingerprint density at radius 3 is 2.89 bits per heavy atom. The lowest BCUT2D eigenvalue weighted by atomic mass is 9.98. The van der Waals surface area contributed by atoms with Crippen molar-refractivity contribution in [2.45, 2.75) is 52.5 Å². The molecule has 1 heterocycles. The average Bonchev–Trinajstić information content (AvgIpc) is 2.37. The van der Waals surface area contributed by atoms with Crippen LogP contribution in [0.15, 0.2) is 0 Å². The summed E-state index contributed by atoms with van der Waals surface area (Å²) in [5, 5.41) is 6.47. The molecule has 0 saturated carbocycles. The molecule has 0 spiro atoms. The Hall–Kier alpha value is -0.770. The van der Waals surface area contributed by atoms with Crippen LogP contribution in [0.5, 0.6) is 0 Å². The molecule has 4 nitrogen and oxygen atoms in total. The van der Waals surface area contributed by atoms with Gasteiger partial charge in [-0.05, 0) is 31.7 Å². The highest BCUT2D eigenvalue weighted by molar-refractivity contribution is 5.74. The van der Waals surface area contributed by atoms with Gasteiger partial charge < -0.3 is 15.5 Å². The van der Waals surface area contributed by atoms with Gasteiger partial charge in [0.05, 0.1) is 0 Å². The number of hydrogen-bond acceptors (Lipinski definition) is 2.